The summed E-state index contributed by atoms with van der Waals surface area (Å²) in [6.07, 6.45) is 3.51. The van der Waals surface area contributed by atoms with Crippen molar-refractivity contribution in [3.63, 3.8) is 0 Å². The first-order valence-corrected chi connectivity index (χ1v) is 7.85. The smallest absolute Gasteiger partial charge is 0.277 e. The highest BCUT2D eigenvalue weighted by molar-refractivity contribution is 6.32. The summed E-state index contributed by atoms with van der Waals surface area (Å²) in [6, 6.07) is 3.70. The summed E-state index contributed by atoms with van der Waals surface area (Å²) < 4.78 is 27.9. The maximum Gasteiger partial charge on any atom is 0.277 e. The Morgan fingerprint density at radius 2 is 2.16 bits per heavy atom. The topological polar surface area (TPSA) is 63.2 Å². The molecule has 5 nitrogen and oxygen atoms in total. The molecule has 1 amide bonds. The normalized spacial score (nSPS) is 13.6. The number of hydrogen-bond acceptors (Lipinski definition) is 4. The molecular weight excluding hydrogens is 327 g/mol. The predicted octanol–water partition coefficient (Wildman–Crippen LogP) is 2.28. The number of carbonyl (C=O) groups excluding carboxylic acids is 1. The zero-order valence-electron chi connectivity index (χ0n) is 13.6. The van der Waals surface area contributed by atoms with E-state index in [1.807, 2.05) is 0 Å². The van der Waals surface area contributed by atoms with Crippen LogP contribution in [0.4, 0.5) is 20.3 Å². The molecule has 1 aromatic heterocycles. The fourth-order valence-corrected chi connectivity index (χ4v) is 2.27. The quantitative estimate of drug-likeness (QED) is 0.624. The summed E-state index contributed by atoms with van der Waals surface area (Å²) in [5.74, 6) is -2.20. The van der Waals surface area contributed by atoms with E-state index >= 15 is 0 Å². The van der Waals surface area contributed by atoms with Gasteiger partial charge in [-0.2, -0.15) is 0 Å². The van der Waals surface area contributed by atoms with Crippen molar-refractivity contribution in [3.8, 4) is 0 Å². The monoisotopic (exact) mass is 343 g/mol. The molecule has 8 heteroatoms. The Kier molecular flexibility index (Phi) is 4.99. The number of pyridine rings is 1. The van der Waals surface area contributed by atoms with E-state index in [2.05, 4.69) is 15.8 Å². The van der Waals surface area contributed by atoms with Crippen LogP contribution in [0.3, 0.4) is 0 Å². The standard InChI is InChI=1S/C17H16BF2N3O2/c1-9-6-11(18)7-21-16(9)22-15-12(4-5-13(19)14(15)20)17(24)23-25-8-10-2-3-10/h4-7,10H,2-3,8H2,1H3,(H,21,22)(H,23,24). The fraction of sp³-hybridized carbons (Fsp3) is 0.294. The molecule has 0 unspecified atom stereocenters. The van der Waals surface area contributed by atoms with E-state index in [1.165, 1.54) is 12.3 Å². The summed E-state index contributed by atoms with van der Waals surface area (Å²) in [4.78, 5) is 21.4. The molecule has 0 saturated heterocycles. The summed E-state index contributed by atoms with van der Waals surface area (Å²) in [5, 5.41) is 2.67. The number of anilines is 2. The number of aromatic nitrogens is 1. The van der Waals surface area contributed by atoms with Gasteiger partial charge >= 0.3 is 0 Å². The summed E-state index contributed by atoms with van der Waals surface area (Å²) in [7, 11) is 5.63. The Balaban J connectivity index is 1.85. The maximum atomic E-state index is 14.3. The molecule has 1 heterocycles. The molecule has 1 saturated carbocycles. The second-order valence-corrected chi connectivity index (χ2v) is 6.03. The Morgan fingerprint density at radius 3 is 2.84 bits per heavy atom. The zero-order valence-corrected chi connectivity index (χ0v) is 13.6. The lowest BCUT2D eigenvalue weighted by molar-refractivity contribution is 0.0270. The van der Waals surface area contributed by atoms with Gasteiger partial charge < -0.3 is 5.32 Å². The molecule has 3 rings (SSSR count). The molecule has 2 aromatic rings. The molecule has 0 aliphatic heterocycles. The minimum atomic E-state index is -1.17. The lowest BCUT2D eigenvalue weighted by atomic mass is 9.97. The van der Waals surface area contributed by atoms with E-state index < -0.39 is 17.5 Å². The van der Waals surface area contributed by atoms with E-state index in [-0.39, 0.29) is 17.1 Å². The van der Waals surface area contributed by atoms with Crippen LogP contribution in [0.25, 0.3) is 0 Å². The number of rotatable bonds is 6. The fourth-order valence-electron chi connectivity index (χ4n) is 2.27. The van der Waals surface area contributed by atoms with Crippen molar-refractivity contribution >= 4 is 30.7 Å². The summed E-state index contributed by atoms with van der Waals surface area (Å²) >= 11 is 0. The molecule has 1 aliphatic rings. The molecule has 2 radical (unpaired) electrons. The molecule has 128 valence electrons. The van der Waals surface area contributed by atoms with Gasteiger partial charge in [0.25, 0.3) is 5.91 Å². The summed E-state index contributed by atoms with van der Waals surface area (Å²) in [5.41, 5.74) is 2.92. The second kappa shape index (κ2) is 7.19. The van der Waals surface area contributed by atoms with Crippen LogP contribution in [0.15, 0.2) is 24.4 Å². The molecule has 0 bridgehead atoms. The van der Waals surface area contributed by atoms with Crippen molar-refractivity contribution in [3.05, 3.63) is 47.2 Å². The number of benzene rings is 1. The lowest BCUT2D eigenvalue weighted by Gasteiger charge is -2.14. The molecule has 1 aromatic carbocycles. The van der Waals surface area contributed by atoms with Crippen LogP contribution in [0.5, 0.6) is 0 Å². The Hall–Kier alpha value is -2.48. The molecule has 1 fully saturated rings. The van der Waals surface area contributed by atoms with Gasteiger partial charge in [-0.25, -0.2) is 19.2 Å². The number of halogens is 2. The Morgan fingerprint density at radius 1 is 1.40 bits per heavy atom. The van der Waals surface area contributed by atoms with Gasteiger partial charge in [0, 0.05) is 6.20 Å². The van der Waals surface area contributed by atoms with Gasteiger partial charge in [-0.1, -0.05) is 11.5 Å². The van der Waals surface area contributed by atoms with Crippen molar-refractivity contribution < 1.29 is 18.4 Å². The van der Waals surface area contributed by atoms with Crippen LogP contribution < -0.4 is 16.3 Å². The van der Waals surface area contributed by atoms with Crippen LogP contribution in [0.2, 0.25) is 0 Å². The molecule has 0 atom stereocenters. The van der Waals surface area contributed by atoms with Gasteiger partial charge in [-0.3, -0.25) is 9.63 Å². The average Bonchev–Trinajstić information content (AvgIpc) is 3.38. The molecule has 2 N–H and O–H groups in total. The minimum absolute atomic E-state index is 0.0901. The number of amides is 1. The van der Waals surface area contributed by atoms with E-state index in [0.29, 0.717) is 23.6 Å². The number of hydroxylamine groups is 1. The van der Waals surface area contributed by atoms with Crippen LogP contribution in [-0.4, -0.2) is 25.3 Å². The number of nitrogens with one attached hydrogen (secondary N) is 2. The second-order valence-electron chi connectivity index (χ2n) is 6.03. The van der Waals surface area contributed by atoms with Crippen LogP contribution in [-0.2, 0) is 4.84 Å². The molecule has 0 spiro atoms. The Bertz CT molecular complexity index is 813. The number of hydrogen-bond donors (Lipinski definition) is 2. The van der Waals surface area contributed by atoms with Crippen molar-refractivity contribution in [2.24, 2.45) is 5.92 Å². The zero-order chi connectivity index (χ0) is 18.0. The summed E-state index contributed by atoms with van der Waals surface area (Å²) in [6.45, 7) is 2.11. The van der Waals surface area contributed by atoms with E-state index in [9.17, 15) is 13.6 Å². The van der Waals surface area contributed by atoms with Crippen molar-refractivity contribution in [1.82, 2.24) is 10.5 Å². The Labute approximate surface area is 145 Å². The van der Waals surface area contributed by atoms with Crippen molar-refractivity contribution in [2.45, 2.75) is 19.8 Å². The van der Waals surface area contributed by atoms with Gasteiger partial charge in [-0.05, 0) is 43.4 Å². The third-order valence-corrected chi connectivity index (χ3v) is 3.86. The van der Waals surface area contributed by atoms with E-state index in [1.54, 1.807) is 13.0 Å². The number of aryl methyl sites for hydroxylation is 1. The van der Waals surface area contributed by atoms with Crippen molar-refractivity contribution in [1.29, 1.82) is 0 Å². The minimum Gasteiger partial charge on any atom is -0.337 e. The first kappa shape index (κ1) is 17.4. The highest BCUT2D eigenvalue weighted by atomic mass is 19.2. The maximum absolute atomic E-state index is 14.3. The number of nitrogens with zero attached hydrogens (tertiary/aromatic N) is 1. The molecular formula is C17H16BF2N3O2. The SMILES string of the molecule is [B]c1cnc(Nc2c(C(=O)NOCC3CC3)ccc(F)c2F)c(C)c1. The van der Waals surface area contributed by atoms with Crippen LogP contribution in [0, 0.1) is 24.5 Å². The van der Waals surface area contributed by atoms with Crippen LogP contribution >= 0.6 is 0 Å². The van der Waals surface area contributed by atoms with Gasteiger partial charge in [0.1, 0.15) is 13.7 Å². The first-order valence-electron chi connectivity index (χ1n) is 7.85. The first-order chi connectivity index (χ1) is 12.0. The molecule has 1 aliphatic carbocycles. The number of carbonyl (C=O) groups is 1. The van der Waals surface area contributed by atoms with Gasteiger partial charge in [0.2, 0.25) is 0 Å². The largest absolute Gasteiger partial charge is 0.337 e. The third-order valence-electron chi connectivity index (χ3n) is 3.86. The third kappa shape index (κ3) is 4.14. The van der Waals surface area contributed by atoms with E-state index in [4.69, 9.17) is 12.7 Å². The van der Waals surface area contributed by atoms with Gasteiger partial charge in [0.15, 0.2) is 11.6 Å². The predicted molar refractivity (Wildman–Crippen MR) is 90.1 cm³/mol. The van der Waals surface area contributed by atoms with Gasteiger partial charge in [-0.15, -0.1) is 0 Å². The van der Waals surface area contributed by atoms with Gasteiger partial charge in [0.05, 0.1) is 17.9 Å². The van der Waals surface area contributed by atoms with E-state index in [0.717, 1.165) is 18.9 Å². The highest BCUT2D eigenvalue weighted by Gasteiger charge is 2.23. The lowest BCUT2D eigenvalue weighted by Crippen LogP contribution is -2.26. The van der Waals surface area contributed by atoms with Crippen molar-refractivity contribution in [2.75, 3.05) is 11.9 Å². The highest BCUT2D eigenvalue weighted by Crippen LogP contribution is 2.29. The average molecular weight is 343 g/mol. The van der Waals surface area contributed by atoms with Crippen LogP contribution in [0.1, 0.15) is 28.8 Å². The molecule has 25 heavy (non-hydrogen) atoms.